The van der Waals surface area contributed by atoms with E-state index in [0.717, 1.165) is 24.9 Å². The van der Waals surface area contributed by atoms with Crippen molar-refractivity contribution in [2.24, 2.45) is 0 Å². The van der Waals surface area contributed by atoms with Crippen molar-refractivity contribution in [3.05, 3.63) is 29.3 Å². The summed E-state index contributed by atoms with van der Waals surface area (Å²) < 4.78 is 0. The van der Waals surface area contributed by atoms with Gasteiger partial charge in [-0.15, -0.1) is 0 Å². The third-order valence-electron chi connectivity index (χ3n) is 3.77. The van der Waals surface area contributed by atoms with Gasteiger partial charge in [0.05, 0.1) is 6.61 Å². The molecule has 0 radical (unpaired) electrons. The fraction of sp³-hybridized carbons (Fsp3) is 0.462. The molecule has 2 N–H and O–H groups in total. The Kier molecular flexibility index (Phi) is 2.04. The Labute approximate surface area is 94.5 Å². The first-order valence-corrected chi connectivity index (χ1v) is 5.78. The molecule has 0 saturated heterocycles. The third kappa shape index (κ3) is 1.43. The number of aliphatic hydroxyl groups excluding tert-OH is 1. The van der Waals surface area contributed by atoms with E-state index in [4.69, 9.17) is 0 Å². The van der Waals surface area contributed by atoms with Gasteiger partial charge in [-0.1, -0.05) is 12.1 Å². The average molecular weight is 217 g/mol. The maximum absolute atomic E-state index is 11.2. The summed E-state index contributed by atoms with van der Waals surface area (Å²) >= 11 is 0. The predicted molar refractivity (Wildman–Crippen MR) is 61.4 cm³/mol. The number of fused-ring (bicyclic) bond motifs is 1. The van der Waals surface area contributed by atoms with E-state index in [9.17, 15) is 9.90 Å². The first kappa shape index (κ1) is 9.85. The van der Waals surface area contributed by atoms with Crippen molar-refractivity contribution in [3.63, 3.8) is 0 Å². The molecule has 1 aromatic rings. The van der Waals surface area contributed by atoms with E-state index in [-0.39, 0.29) is 17.9 Å². The van der Waals surface area contributed by atoms with E-state index in [1.165, 1.54) is 11.1 Å². The van der Waals surface area contributed by atoms with E-state index in [1.807, 2.05) is 12.1 Å². The van der Waals surface area contributed by atoms with Crippen LogP contribution >= 0.6 is 0 Å². The number of carbonyl (C=O) groups is 1. The lowest BCUT2D eigenvalue weighted by atomic mass is 9.92. The maximum Gasteiger partial charge on any atom is 0.224 e. The molecule has 0 aromatic heterocycles. The van der Waals surface area contributed by atoms with E-state index in [0.29, 0.717) is 6.42 Å². The topological polar surface area (TPSA) is 49.3 Å². The smallest absolute Gasteiger partial charge is 0.224 e. The number of aliphatic hydroxyl groups is 1. The molecule has 3 rings (SSSR count). The number of nitrogens with one attached hydrogen (secondary N) is 1. The highest BCUT2D eigenvalue weighted by atomic mass is 16.3. The monoisotopic (exact) mass is 217 g/mol. The number of hydrogen-bond donors (Lipinski definition) is 2. The first-order valence-electron chi connectivity index (χ1n) is 5.78. The van der Waals surface area contributed by atoms with Crippen LogP contribution in [0.5, 0.6) is 0 Å². The summed E-state index contributed by atoms with van der Waals surface area (Å²) in [6.45, 7) is 0.234. The second-order valence-electron chi connectivity index (χ2n) is 4.86. The molecule has 1 aromatic carbocycles. The quantitative estimate of drug-likeness (QED) is 0.790. The first-order chi connectivity index (χ1) is 7.73. The molecule has 1 saturated carbocycles. The number of anilines is 1. The number of carbonyl (C=O) groups excluding carboxylic acids is 1. The van der Waals surface area contributed by atoms with Gasteiger partial charge >= 0.3 is 0 Å². The Bertz CT molecular complexity index is 449. The van der Waals surface area contributed by atoms with Crippen molar-refractivity contribution in [2.75, 3.05) is 11.9 Å². The maximum atomic E-state index is 11.2. The van der Waals surface area contributed by atoms with Gasteiger partial charge in [0.15, 0.2) is 0 Å². The zero-order valence-electron chi connectivity index (χ0n) is 9.12. The molecular formula is C13H15NO2. The molecule has 16 heavy (non-hydrogen) atoms. The molecule has 1 heterocycles. The number of rotatable bonds is 2. The summed E-state index contributed by atoms with van der Waals surface area (Å²) in [5.74, 6) is 0.101. The molecule has 3 nitrogen and oxygen atoms in total. The van der Waals surface area contributed by atoms with Crippen LogP contribution in [-0.4, -0.2) is 17.6 Å². The lowest BCUT2D eigenvalue weighted by Gasteiger charge is -2.20. The van der Waals surface area contributed by atoms with Crippen LogP contribution in [0.15, 0.2) is 18.2 Å². The lowest BCUT2D eigenvalue weighted by Crippen LogP contribution is -2.20. The van der Waals surface area contributed by atoms with Gasteiger partial charge in [-0.3, -0.25) is 4.79 Å². The summed E-state index contributed by atoms with van der Waals surface area (Å²) in [4.78, 5) is 11.2. The lowest BCUT2D eigenvalue weighted by molar-refractivity contribution is -0.116. The summed E-state index contributed by atoms with van der Waals surface area (Å²) in [5, 5.41) is 12.3. The van der Waals surface area contributed by atoms with Gasteiger partial charge in [0.2, 0.25) is 5.91 Å². The van der Waals surface area contributed by atoms with Crippen LogP contribution in [0, 0.1) is 0 Å². The van der Waals surface area contributed by atoms with Crippen molar-refractivity contribution in [1.29, 1.82) is 0 Å². The van der Waals surface area contributed by atoms with Crippen LogP contribution in [0.1, 0.15) is 30.4 Å². The summed E-state index contributed by atoms with van der Waals surface area (Å²) in [7, 11) is 0. The molecule has 1 aliphatic heterocycles. The summed E-state index contributed by atoms with van der Waals surface area (Å²) in [5.41, 5.74) is 3.40. The summed E-state index contributed by atoms with van der Waals surface area (Å²) in [6.07, 6.45) is 3.54. The normalized spacial score (nSPS) is 21.2. The Morgan fingerprint density at radius 1 is 1.31 bits per heavy atom. The Hall–Kier alpha value is -1.35. The molecule has 0 spiro atoms. The minimum absolute atomic E-state index is 0.0243. The van der Waals surface area contributed by atoms with Crippen LogP contribution in [-0.2, 0) is 16.6 Å². The fourth-order valence-electron chi connectivity index (χ4n) is 2.40. The number of amides is 1. The van der Waals surface area contributed by atoms with Gasteiger partial charge in [-0.05, 0) is 36.5 Å². The van der Waals surface area contributed by atoms with Crippen LogP contribution in [0.2, 0.25) is 0 Å². The van der Waals surface area contributed by atoms with Crippen molar-refractivity contribution in [1.82, 2.24) is 0 Å². The highest BCUT2D eigenvalue weighted by molar-refractivity contribution is 5.93. The van der Waals surface area contributed by atoms with Crippen molar-refractivity contribution in [2.45, 2.75) is 31.1 Å². The van der Waals surface area contributed by atoms with Gasteiger partial charge in [0.1, 0.15) is 0 Å². The van der Waals surface area contributed by atoms with Gasteiger partial charge in [-0.2, -0.15) is 0 Å². The molecule has 0 bridgehead atoms. The van der Waals surface area contributed by atoms with Crippen molar-refractivity contribution < 1.29 is 9.90 Å². The largest absolute Gasteiger partial charge is 0.395 e. The number of benzene rings is 1. The van der Waals surface area contributed by atoms with Crippen LogP contribution in [0.25, 0.3) is 0 Å². The average Bonchev–Trinajstić information content (AvgIpc) is 3.09. The second-order valence-corrected chi connectivity index (χ2v) is 4.86. The zero-order valence-corrected chi connectivity index (χ0v) is 9.12. The van der Waals surface area contributed by atoms with Crippen molar-refractivity contribution >= 4 is 11.6 Å². The Balaban J connectivity index is 1.97. The fourth-order valence-corrected chi connectivity index (χ4v) is 2.40. The molecule has 84 valence electrons. The molecule has 0 unspecified atom stereocenters. The predicted octanol–water partition coefficient (Wildman–Crippen LogP) is 1.60. The standard InChI is InChI=1S/C13H15NO2/c15-8-13(5-6-13)10-2-3-11-9(7-10)1-4-12(16)14-11/h2-3,7,15H,1,4-6,8H2,(H,14,16). The molecule has 1 amide bonds. The van der Waals surface area contributed by atoms with E-state index >= 15 is 0 Å². The molecule has 2 aliphatic rings. The third-order valence-corrected chi connectivity index (χ3v) is 3.77. The second kappa shape index (κ2) is 3.32. The highest BCUT2D eigenvalue weighted by Crippen LogP contribution is 2.48. The van der Waals surface area contributed by atoms with Gasteiger partial charge in [-0.25, -0.2) is 0 Å². The van der Waals surface area contributed by atoms with Crippen LogP contribution < -0.4 is 5.32 Å². The minimum atomic E-state index is 0.0243. The molecule has 1 aliphatic carbocycles. The Morgan fingerprint density at radius 3 is 2.81 bits per heavy atom. The number of aryl methyl sites for hydroxylation is 1. The SMILES string of the molecule is O=C1CCc2cc(C3(CO)CC3)ccc2N1. The van der Waals surface area contributed by atoms with E-state index < -0.39 is 0 Å². The van der Waals surface area contributed by atoms with Gasteiger partial charge < -0.3 is 10.4 Å². The zero-order chi connectivity index (χ0) is 11.2. The van der Waals surface area contributed by atoms with Gasteiger partial charge in [0.25, 0.3) is 0 Å². The minimum Gasteiger partial charge on any atom is -0.395 e. The number of hydrogen-bond acceptors (Lipinski definition) is 2. The van der Waals surface area contributed by atoms with Crippen LogP contribution in [0.4, 0.5) is 5.69 Å². The van der Waals surface area contributed by atoms with Crippen LogP contribution in [0.3, 0.4) is 0 Å². The molecule has 0 atom stereocenters. The van der Waals surface area contributed by atoms with Gasteiger partial charge in [0, 0.05) is 17.5 Å². The molecule has 3 heteroatoms. The summed E-state index contributed by atoms with van der Waals surface area (Å²) in [6, 6.07) is 6.16. The van der Waals surface area contributed by atoms with E-state index in [1.54, 1.807) is 0 Å². The molecule has 1 fully saturated rings. The Morgan fingerprint density at radius 2 is 2.12 bits per heavy atom. The van der Waals surface area contributed by atoms with E-state index in [2.05, 4.69) is 11.4 Å². The molecular weight excluding hydrogens is 202 g/mol. The highest BCUT2D eigenvalue weighted by Gasteiger charge is 2.43. The van der Waals surface area contributed by atoms with Crippen molar-refractivity contribution in [3.8, 4) is 0 Å².